The van der Waals surface area contributed by atoms with Crippen molar-refractivity contribution in [2.24, 2.45) is 0 Å². The molecule has 0 aliphatic rings. The fraction of sp³-hybridized carbons (Fsp3) is 0.588. The highest BCUT2D eigenvalue weighted by molar-refractivity contribution is 7.98. The first kappa shape index (κ1) is 18.8. The van der Waals surface area contributed by atoms with Crippen LogP contribution in [0.15, 0.2) is 29.2 Å². The van der Waals surface area contributed by atoms with Crippen molar-refractivity contribution in [2.75, 3.05) is 19.3 Å². The van der Waals surface area contributed by atoms with Gasteiger partial charge in [0.25, 0.3) is 0 Å². The predicted octanol–water partition coefficient (Wildman–Crippen LogP) is 3.97. The highest BCUT2D eigenvalue weighted by atomic mass is 32.2. The van der Waals surface area contributed by atoms with Crippen molar-refractivity contribution in [1.82, 2.24) is 10.6 Å². The van der Waals surface area contributed by atoms with Crippen molar-refractivity contribution in [3.63, 3.8) is 0 Å². The number of carbonyl (C=O) groups is 1. The first-order valence-corrected chi connectivity index (χ1v) is 8.88. The third-order valence-electron chi connectivity index (χ3n) is 3.09. The molecule has 1 amide bonds. The Labute approximate surface area is 138 Å². The van der Waals surface area contributed by atoms with Gasteiger partial charge in [0.1, 0.15) is 5.60 Å². The van der Waals surface area contributed by atoms with Crippen LogP contribution in [0, 0.1) is 0 Å². The van der Waals surface area contributed by atoms with Crippen molar-refractivity contribution in [2.45, 2.75) is 50.7 Å². The maximum absolute atomic E-state index is 11.5. The van der Waals surface area contributed by atoms with Crippen LogP contribution >= 0.6 is 11.8 Å². The minimum atomic E-state index is -0.445. The topological polar surface area (TPSA) is 50.4 Å². The summed E-state index contributed by atoms with van der Waals surface area (Å²) in [5.41, 5.74) is 0.831. The van der Waals surface area contributed by atoms with Crippen LogP contribution in [0.3, 0.4) is 0 Å². The molecule has 0 saturated heterocycles. The molecule has 4 nitrogen and oxygen atoms in total. The van der Waals surface area contributed by atoms with Crippen LogP contribution in [0.25, 0.3) is 0 Å². The van der Waals surface area contributed by atoms with Crippen LogP contribution in [0.5, 0.6) is 0 Å². The van der Waals surface area contributed by atoms with Crippen molar-refractivity contribution < 1.29 is 9.53 Å². The molecule has 0 aliphatic carbocycles. The van der Waals surface area contributed by atoms with Gasteiger partial charge in [-0.25, -0.2) is 4.79 Å². The number of benzene rings is 1. The number of rotatable bonds is 7. The summed E-state index contributed by atoms with van der Waals surface area (Å²) in [4.78, 5) is 12.8. The van der Waals surface area contributed by atoms with Gasteiger partial charge in [-0.3, -0.25) is 0 Å². The Morgan fingerprint density at radius 3 is 2.41 bits per heavy atom. The Morgan fingerprint density at radius 1 is 1.23 bits per heavy atom. The zero-order valence-electron chi connectivity index (χ0n) is 14.2. The van der Waals surface area contributed by atoms with Crippen LogP contribution in [0.1, 0.15) is 45.7 Å². The number of hydrogen-bond acceptors (Lipinski definition) is 4. The summed E-state index contributed by atoms with van der Waals surface area (Å²) >= 11 is 1.75. The normalized spacial score (nSPS) is 12.8. The molecule has 1 aromatic carbocycles. The second kappa shape index (κ2) is 9.06. The lowest BCUT2D eigenvalue weighted by Crippen LogP contribution is -2.34. The van der Waals surface area contributed by atoms with E-state index in [-0.39, 0.29) is 6.09 Å². The van der Waals surface area contributed by atoms with Crippen LogP contribution < -0.4 is 10.6 Å². The molecule has 22 heavy (non-hydrogen) atoms. The summed E-state index contributed by atoms with van der Waals surface area (Å²) in [6.07, 6.45) is 2.59. The van der Waals surface area contributed by atoms with E-state index >= 15 is 0 Å². The van der Waals surface area contributed by atoms with E-state index in [1.165, 1.54) is 10.5 Å². The maximum atomic E-state index is 11.5. The standard InChI is InChI=1S/C17H28N2O2S/c1-13(14-7-9-15(22-5)10-8-14)18-11-6-12-19-16(20)21-17(2,3)4/h7-10,13,18H,6,11-12H2,1-5H3,(H,19,20). The number of ether oxygens (including phenoxy) is 1. The number of thioether (sulfide) groups is 1. The molecule has 5 heteroatoms. The summed E-state index contributed by atoms with van der Waals surface area (Å²) in [5.74, 6) is 0. The lowest BCUT2D eigenvalue weighted by atomic mass is 10.1. The molecule has 1 unspecified atom stereocenters. The van der Waals surface area contributed by atoms with Gasteiger partial charge in [0.2, 0.25) is 0 Å². The first-order valence-electron chi connectivity index (χ1n) is 7.66. The highest BCUT2D eigenvalue weighted by Crippen LogP contribution is 2.18. The number of amides is 1. The van der Waals surface area contributed by atoms with E-state index in [2.05, 4.69) is 48.1 Å². The average molecular weight is 324 g/mol. The molecule has 2 N–H and O–H groups in total. The van der Waals surface area contributed by atoms with Gasteiger partial charge in [-0.15, -0.1) is 11.8 Å². The third-order valence-corrected chi connectivity index (χ3v) is 3.83. The molecule has 0 heterocycles. The largest absolute Gasteiger partial charge is 0.444 e. The second-order valence-electron chi connectivity index (χ2n) is 6.23. The summed E-state index contributed by atoms with van der Waals surface area (Å²) in [6, 6.07) is 8.90. The third kappa shape index (κ3) is 7.71. The van der Waals surface area contributed by atoms with Crippen LogP contribution in [0.4, 0.5) is 4.79 Å². The van der Waals surface area contributed by atoms with E-state index in [1.807, 2.05) is 20.8 Å². The smallest absolute Gasteiger partial charge is 0.407 e. The Morgan fingerprint density at radius 2 is 1.86 bits per heavy atom. The molecule has 1 atom stereocenters. The maximum Gasteiger partial charge on any atom is 0.407 e. The fourth-order valence-corrected chi connectivity index (χ4v) is 2.33. The molecule has 124 valence electrons. The monoisotopic (exact) mass is 324 g/mol. The highest BCUT2D eigenvalue weighted by Gasteiger charge is 2.15. The molecule has 0 aliphatic heterocycles. The first-order chi connectivity index (χ1) is 10.3. The number of nitrogens with one attached hydrogen (secondary N) is 2. The Balaban J connectivity index is 2.19. The van der Waals surface area contributed by atoms with Gasteiger partial charge in [0, 0.05) is 17.5 Å². The zero-order valence-corrected chi connectivity index (χ0v) is 15.0. The Bertz CT molecular complexity index is 455. The quantitative estimate of drug-likeness (QED) is 0.588. The van der Waals surface area contributed by atoms with Crippen LogP contribution in [-0.4, -0.2) is 31.0 Å². The van der Waals surface area contributed by atoms with Crippen LogP contribution in [-0.2, 0) is 4.74 Å². The molecular weight excluding hydrogens is 296 g/mol. The average Bonchev–Trinajstić information content (AvgIpc) is 2.45. The van der Waals surface area contributed by atoms with Gasteiger partial charge in [-0.2, -0.15) is 0 Å². The summed E-state index contributed by atoms with van der Waals surface area (Å²) in [5, 5.41) is 6.22. The van der Waals surface area contributed by atoms with Gasteiger partial charge in [-0.1, -0.05) is 12.1 Å². The van der Waals surface area contributed by atoms with E-state index in [1.54, 1.807) is 11.8 Å². The molecule has 1 aromatic rings. The molecular formula is C17H28N2O2S. The molecule has 0 saturated carbocycles. The van der Waals surface area contributed by atoms with Gasteiger partial charge in [0.05, 0.1) is 0 Å². The van der Waals surface area contributed by atoms with E-state index in [0.717, 1.165) is 13.0 Å². The molecule has 0 spiro atoms. The van der Waals surface area contributed by atoms with Crippen molar-refractivity contribution >= 4 is 17.9 Å². The van der Waals surface area contributed by atoms with E-state index < -0.39 is 5.60 Å². The van der Waals surface area contributed by atoms with E-state index in [9.17, 15) is 4.79 Å². The van der Waals surface area contributed by atoms with E-state index in [0.29, 0.717) is 12.6 Å². The SMILES string of the molecule is CSc1ccc(C(C)NCCCNC(=O)OC(C)(C)C)cc1. The summed E-state index contributed by atoms with van der Waals surface area (Å²) in [7, 11) is 0. The van der Waals surface area contributed by atoms with E-state index in [4.69, 9.17) is 4.74 Å². The molecule has 1 rings (SSSR count). The van der Waals surface area contributed by atoms with Gasteiger partial charge >= 0.3 is 6.09 Å². The predicted molar refractivity (Wildman–Crippen MR) is 93.5 cm³/mol. The zero-order chi connectivity index (χ0) is 16.6. The molecule has 0 fully saturated rings. The Hall–Kier alpha value is -1.20. The van der Waals surface area contributed by atoms with Gasteiger partial charge < -0.3 is 15.4 Å². The van der Waals surface area contributed by atoms with Crippen molar-refractivity contribution in [3.8, 4) is 0 Å². The number of alkyl carbamates (subject to hydrolysis) is 1. The number of carbonyl (C=O) groups excluding carboxylic acids is 1. The minimum absolute atomic E-state index is 0.303. The Kier molecular flexibility index (Phi) is 7.76. The molecule has 0 radical (unpaired) electrons. The summed E-state index contributed by atoms with van der Waals surface area (Å²) in [6.45, 7) is 9.19. The minimum Gasteiger partial charge on any atom is -0.444 e. The van der Waals surface area contributed by atoms with Crippen molar-refractivity contribution in [1.29, 1.82) is 0 Å². The lowest BCUT2D eigenvalue weighted by molar-refractivity contribution is 0.0527. The van der Waals surface area contributed by atoms with Gasteiger partial charge in [0.15, 0.2) is 0 Å². The van der Waals surface area contributed by atoms with Crippen molar-refractivity contribution in [3.05, 3.63) is 29.8 Å². The number of hydrogen-bond donors (Lipinski definition) is 2. The van der Waals surface area contributed by atoms with Crippen LogP contribution in [0.2, 0.25) is 0 Å². The van der Waals surface area contributed by atoms with Gasteiger partial charge in [-0.05, 0) is 64.6 Å². The molecule has 0 aromatic heterocycles. The molecule has 0 bridgehead atoms. The second-order valence-corrected chi connectivity index (χ2v) is 7.11. The lowest BCUT2D eigenvalue weighted by Gasteiger charge is -2.20. The summed E-state index contributed by atoms with van der Waals surface area (Å²) < 4.78 is 5.18. The fourth-order valence-electron chi connectivity index (χ4n) is 1.92.